The van der Waals surface area contributed by atoms with E-state index in [1.165, 1.54) is 16.8 Å². The second-order valence-electron chi connectivity index (χ2n) is 7.35. The number of aromatic nitrogens is 2. The van der Waals surface area contributed by atoms with Gasteiger partial charge in [-0.1, -0.05) is 6.07 Å². The molecule has 0 saturated carbocycles. The van der Waals surface area contributed by atoms with Gasteiger partial charge in [0.1, 0.15) is 23.3 Å². The van der Waals surface area contributed by atoms with E-state index in [-0.39, 0.29) is 24.3 Å². The van der Waals surface area contributed by atoms with Crippen molar-refractivity contribution in [2.45, 2.75) is 25.7 Å². The molecule has 1 aliphatic rings. The quantitative estimate of drug-likeness (QED) is 0.526. The Morgan fingerprint density at radius 3 is 2.75 bits per heavy atom. The summed E-state index contributed by atoms with van der Waals surface area (Å²) in [6.45, 7) is 0.675. The smallest absolute Gasteiger partial charge is 0.231 e. The molecule has 164 valence electrons. The molecular weight excluding hydrogens is 413 g/mol. The molecule has 0 unspecified atom stereocenters. The lowest BCUT2D eigenvalue weighted by Crippen LogP contribution is -2.25. The van der Waals surface area contributed by atoms with Gasteiger partial charge in [0.15, 0.2) is 11.5 Å². The van der Waals surface area contributed by atoms with E-state index in [1.807, 2.05) is 18.2 Å². The maximum absolute atomic E-state index is 13.2. The Morgan fingerprint density at radius 2 is 1.97 bits per heavy atom. The zero-order valence-corrected chi connectivity index (χ0v) is 17.3. The van der Waals surface area contributed by atoms with E-state index in [4.69, 9.17) is 15.2 Å². The Labute approximate surface area is 184 Å². The van der Waals surface area contributed by atoms with Crippen molar-refractivity contribution in [3.8, 4) is 23.3 Å². The summed E-state index contributed by atoms with van der Waals surface area (Å²) in [6.07, 6.45) is 2.03. The maximum Gasteiger partial charge on any atom is 0.231 e. The summed E-state index contributed by atoms with van der Waals surface area (Å²) in [4.78, 5) is 12.2. The number of aryl methyl sites for hydroxylation is 2. The summed E-state index contributed by atoms with van der Waals surface area (Å²) >= 11 is 0. The number of halogens is 1. The SMILES string of the molecule is N#Cc1c(CCCNC(=O)CCc2ccc3c(c2)OCO3)nn(-c2ccc(F)cc2)c1N. The van der Waals surface area contributed by atoms with Gasteiger partial charge in [0.2, 0.25) is 12.7 Å². The third-order valence-electron chi connectivity index (χ3n) is 5.17. The molecule has 1 aromatic heterocycles. The average Bonchev–Trinajstić information content (AvgIpc) is 3.39. The van der Waals surface area contributed by atoms with Crippen molar-refractivity contribution >= 4 is 11.7 Å². The Hall–Kier alpha value is -4.06. The van der Waals surface area contributed by atoms with E-state index < -0.39 is 0 Å². The van der Waals surface area contributed by atoms with Gasteiger partial charge in [-0.05, 0) is 61.2 Å². The zero-order chi connectivity index (χ0) is 22.5. The first kappa shape index (κ1) is 21.2. The Bertz CT molecular complexity index is 1170. The van der Waals surface area contributed by atoms with Crippen molar-refractivity contribution in [3.05, 3.63) is 65.1 Å². The van der Waals surface area contributed by atoms with Crippen LogP contribution >= 0.6 is 0 Å². The lowest BCUT2D eigenvalue weighted by molar-refractivity contribution is -0.121. The fraction of sp³-hybridized carbons (Fsp3) is 0.261. The van der Waals surface area contributed by atoms with Crippen LogP contribution in [0.3, 0.4) is 0 Å². The van der Waals surface area contributed by atoms with Crippen LogP contribution in [-0.4, -0.2) is 29.0 Å². The number of fused-ring (bicyclic) bond motifs is 1. The van der Waals surface area contributed by atoms with E-state index >= 15 is 0 Å². The number of benzene rings is 2. The number of nitrogen functional groups attached to an aromatic ring is 1. The molecule has 0 aliphatic carbocycles. The number of carbonyl (C=O) groups is 1. The Balaban J connectivity index is 1.27. The number of carbonyl (C=O) groups excluding carboxylic acids is 1. The van der Waals surface area contributed by atoms with Crippen LogP contribution in [0, 0.1) is 17.1 Å². The van der Waals surface area contributed by atoms with E-state index in [9.17, 15) is 14.4 Å². The summed E-state index contributed by atoms with van der Waals surface area (Å²) in [7, 11) is 0. The molecule has 1 amide bonds. The Kier molecular flexibility index (Phi) is 6.22. The molecule has 3 N–H and O–H groups in total. The first-order valence-electron chi connectivity index (χ1n) is 10.2. The van der Waals surface area contributed by atoms with Crippen LogP contribution < -0.4 is 20.5 Å². The first-order valence-corrected chi connectivity index (χ1v) is 10.2. The normalized spacial score (nSPS) is 11.9. The third kappa shape index (κ3) is 4.64. The molecule has 9 heteroatoms. The Morgan fingerprint density at radius 1 is 1.19 bits per heavy atom. The number of nitrogens with zero attached hydrogens (tertiary/aromatic N) is 3. The van der Waals surface area contributed by atoms with Gasteiger partial charge in [-0.2, -0.15) is 10.4 Å². The summed E-state index contributed by atoms with van der Waals surface area (Å²) in [5.41, 5.74) is 8.48. The van der Waals surface area contributed by atoms with Gasteiger partial charge in [-0.15, -0.1) is 0 Å². The van der Waals surface area contributed by atoms with Crippen LogP contribution in [0.1, 0.15) is 29.7 Å². The number of hydrogen-bond acceptors (Lipinski definition) is 6. The van der Waals surface area contributed by atoms with E-state index in [0.717, 1.165) is 11.3 Å². The van der Waals surface area contributed by atoms with Crippen LogP contribution in [-0.2, 0) is 17.6 Å². The highest BCUT2D eigenvalue weighted by molar-refractivity contribution is 5.76. The molecule has 0 saturated heterocycles. The van der Waals surface area contributed by atoms with Crippen LogP contribution in [0.2, 0.25) is 0 Å². The minimum atomic E-state index is -0.366. The molecule has 1 aliphatic heterocycles. The number of ether oxygens (including phenoxy) is 2. The second-order valence-corrected chi connectivity index (χ2v) is 7.35. The number of nitriles is 1. The number of amides is 1. The molecule has 0 bridgehead atoms. The molecule has 2 aromatic carbocycles. The van der Waals surface area contributed by atoms with Gasteiger partial charge >= 0.3 is 0 Å². The van der Waals surface area contributed by atoms with Gasteiger partial charge in [-0.3, -0.25) is 4.79 Å². The number of hydrogen-bond donors (Lipinski definition) is 2. The third-order valence-corrected chi connectivity index (χ3v) is 5.17. The summed E-state index contributed by atoms with van der Waals surface area (Å²) in [6, 6.07) is 13.4. The van der Waals surface area contributed by atoms with E-state index in [1.54, 1.807) is 12.1 Å². The fourth-order valence-corrected chi connectivity index (χ4v) is 3.48. The monoisotopic (exact) mass is 435 g/mol. The van der Waals surface area contributed by atoms with Crippen molar-refractivity contribution in [2.75, 3.05) is 19.1 Å². The molecule has 0 radical (unpaired) electrons. The van der Waals surface area contributed by atoms with Gasteiger partial charge in [0.25, 0.3) is 0 Å². The first-order chi connectivity index (χ1) is 15.5. The van der Waals surface area contributed by atoms with Gasteiger partial charge < -0.3 is 20.5 Å². The molecule has 8 nitrogen and oxygen atoms in total. The summed E-state index contributed by atoms with van der Waals surface area (Å²) in [5, 5.41) is 16.8. The van der Waals surface area contributed by atoms with Crippen LogP contribution in [0.15, 0.2) is 42.5 Å². The molecule has 2 heterocycles. The minimum absolute atomic E-state index is 0.0560. The molecule has 32 heavy (non-hydrogen) atoms. The zero-order valence-electron chi connectivity index (χ0n) is 17.3. The lowest BCUT2D eigenvalue weighted by atomic mass is 10.1. The van der Waals surface area contributed by atoms with Crippen molar-refractivity contribution in [1.29, 1.82) is 5.26 Å². The highest BCUT2D eigenvalue weighted by atomic mass is 19.1. The molecular formula is C23H22FN5O3. The highest BCUT2D eigenvalue weighted by Gasteiger charge is 2.17. The van der Waals surface area contributed by atoms with Crippen molar-refractivity contribution < 1.29 is 18.7 Å². The predicted molar refractivity (Wildman–Crippen MR) is 115 cm³/mol. The summed E-state index contributed by atoms with van der Waals surface area (Å²) in [5.74, 6) is 1.21. The number of nitrogens with one attached hydrogen (secondary N) is 1. The lowest BCUT2D eigenvalue weighted by Gasteiger charge is -2.06. The number of anilines is 1. The topological polar surface area (TPSA) is 115 Å². The number of nitrogens with two attached hydrogens (primary N) is 1. The minimum Gasteiger partial charge on any atom is -0.454 e. The molecule has 0 fully saturated rings. The largest absolute Gasteiger partial charge is 0.454 e. The highest BCUT2D eigenvalue weighted by Crippen LogP contribution is 2.32. The fourth-order valence-electron chi connectivity index (χ4n) is 3.48. The second kappa shape index (κ2) is 9.39. The van der Waals surface area contributed by atoms with Crippen molar-refractivity contribution in [1.82, 2.24) is 15.1 Å². The van der Waals surface area contributed by atoms with Crippen LogP contribution in [0.5, 0.6) is 11.5 Å². The molecule has 0 atom stereocenters. The van der Waals surface area contributed by atoms with Gasteiger partial charge in [0.05, 0.1) is 11.4 Å². The standard InChI is InChI=1S/C23H22FN5O3/c24-16-5-7-17(8-6-16)29-23(26)18(13-25)19(28-29)2-1-11-27-22(30)10-4-15-3-9-20-21(12-15)32-14-31-20/h3,5-9,12H,1-2,4,10-11,14,26H2,(H,27,30). The molecule has 3 aromatic rings. The van der Waals surface area contributed by atoms with Crippen LogP contribution in [0.4, 0.5) is 10.2 Å². The van der Waals surface area contributed by atoms with Gasteiger partial charge in [-0.25, -0.2) is 9.07 Å². The molecule has 0 spiro atoms. The predicted octanol–water partition coefficient (Wildman–Crippen LogP) is 2.88. The average molecular weight is 435 g/mol. The molecule has 4 rings (SSSR count). The van der Waals surface area contributed by atoms with Crippen LogP contribution in [0.25, 0.3) is 5.69 Å². The van der Waals surface area contributed by atoms with E-state index in [0.29, 0.717) is 54.9 Å². The van der Waals surface area contributed by atoms with Crippen molar-refractivity contribution in [3.63, 3.8) is 0 Å². The van der Waals surface area contributed by atoms with Crippen molar-refractivity contribution in [2.24, 2.45) is 0 Å². The number of rotatable bonds is 8. The maximum atomic E-state index is 13.2. The van der Waals surface area contributed by atoms with Gasteiger partial charge in [0, 0.05) is 13.0 Å². The summed E-state index contributed by atoms with van der Waals surface area (Å²) < 4.78 is 25.2. The van der Waals surface area contributed by atoms with E-state index in [2.05, 4.69) is 16.5 Å².